The molecule has 0 amide bonds. The van der Waals surface area contributed by atoms with E-state index in [0.717, 1.165) is 15.7 Å². The van der Waals surface area contributed by atoms with Crippen LogP contribution in [-0.2, 0) is 6.54 Å². The first-order valence-corrected chi connectivity index (χ1v) is 4.90. The number of hydrogen-bond acceptors (Lipinski definition) is 3. The van der Waals surface area contributed by atoms with Gasteiger partial charge in [0.2, 0.25) is 0 Å². The van der Waals surface area contributed by atoms with Crippen molar-refractivity contribution in [1.29, 1.82) is 0 Å². The molecule has 0 saturated carbocycles. The SMILES string of the molecule is NCc1cc(Br)ccc1NCCO. The summed E-state index contributed by atoms with van der Waals surface area (Å²) < 4.78 is 1.02. The Hall–Kier alpha value is -0.580. The second-order valence-electron chi connectivity index (χ2n) is 2.66. The molecule has 0 fully saturated rings. The molecule has 0 aromatic heterocycles. The fraction of sp³-hybridized carbons (Fsp3) is 0.333. The van der Waals surface area contributed by atoms with Crippen molar-refractivity contribution in [2.75, 3.05) is 18.5 Å². The van der Waals surface area contributed by atoms with Crippen LogP contribution in [0.4, 0.5) is 5.69 Å². The van der Waals surface area contributed by atoms with Gasteiger partial charge in [0.05, 0.1) is 6.61 Å². The highest BCUT2D eigenvalue weighted by molar-refractivity contribution is 9.10. The van der Waals surface area contributed by atoms with Crippen LogP contribution in [0.5, 0.6) is 0 Å². The number of anilines is 1. The predicted octanol–water partition coefficient (Wildman–Crippen LogP) is 1.31. The van der Waals surface area contributed by atoms with Gasteiger partial charge in [-0.2, -0.15) is 0 Å². The van der Waals surface area contributed by atoms with Crippen molar-refractivity contribution in [2.24, 2.45) is 5.73 Å². The highest BCUT2D eigenvalue weighted by Gasteiger charge is 1.99. The zero-order valence-electron chi connectivity index (χ0n) is 7.26. The molecule has 0 heterocycles. The molecule has 13 heavy (non-hydrogen) atoms. The van der Waals surface area contributed by atoms with Crippen LogP contribution in [0.3, 0.4) is 0 Å². The van der Waals surface area contributed by atoms with E-state index in [2.05, 4.69) is 21.2 Å². The third-order valence-corrected chi connectivity index (χ3v) is 2.21. The third-order valence-electron chi connectivity index (χ3n) is 1.71. The lowest BCUT2D eigenvalue weighted by Crippen LogP contribution is -2.09. The van der Waals surface area contributed by atoms with Gasteiger partial charge in [0.1, 0.15) is 0 Å². The van der Waals surface area contributed by atoms with E-state index in [4.69, 9.17) is 10.8 Å². The van der Waals surface area contributed by atoms with Crippen LogP contribution < -0.4 is 11.1 Å². The standard InChI is InChI=1S/C9H13BrN2O/c10-8-1-2-9(12-3-4-13)7(5-8)6-11/h1-2,5,12-13H,3-4,6,11H2. The van der Waals surface area contributed by atoms with E-state index >= 15 is 0 Å². The van der Waals surface area contributed by atoms with Gasteiger partial charge in [-0.15, -0.1) is 0 Å². The Bertz CT molecular complexity index is 278. The molecule has 0 saturated heterocycles. The number of benzene rings is 1. The minimum atomic E-state index is 0.125. The number of nitrogens with one attached hydrogen (secondary N) is 1. The van der Waals surface area contributed by atoms with Crippen molar-refractivity contribution in [3.05, 3.63) is 28.2 Å². The maximum absolute atomic E-state index is 8.64. The third kappa shape index (κ3) is 2.99. The number of halogens is 1. The van der Waals surface area contributed by atoms with Gasteiger partial charge in [0.15, 0.2) is 0 Å². The van der Waals surface area contributed by atoms with E-state index in [1.54, 1.807) is 0 Å². The molecule has 0 aliphatic carbocycles. The summed E-state index contributed by atoms with van der Waals surface area (Å²) in [6.45, 7) is 1.17. The molecule has 72 valence electrons. The average molecular weight is 245 g/mol. The molecule has 1 rings (SSSR count). The number of aliphatic hydroxyl groups is 1. The lowest BCUT2D eigenvalue weighted by atomic mass is 10.2. The Kier molecular flexibility index (Phi) is 4.21. The molecular formula is C9H13BrN2O. The highest BCUT2D eigenvalue weighted by Crippen LogP contribution is 2.20. The quantitative estimate of drug-likeness (QED) is 0.749. The van der Waals surface area contributed by atoms with Crippen LogP contribution in [0.2, 0.25) is 0 Å². The van der Waals surface area contributed by atoms with Gasteiger partial charge in [-0.25, -0.2) is 0 Å². The van der Waals surface area contributed by atoms with E-state index in [1.165, 1.54) is 0 Å². The average Bonchev–Trinajstić information content (AvgIpc) is 2.16. The Morgan fingerprint density at radius 2 is 2.23 bits per heavy atom. The number of aliphatic hydroxyl groups excluding tert-OH is 1. The second kappa shape index (κ2) is 5.21. The van der Waals surface area contributed by atoms with Crippen LogP contribution in [0.15, 0.2) is 22.7 Å². The molecule has 1 aromatic rings. The number of rotatable bonds is 4. The predicted molar refractivity (Wildman–Crippen MR) is 57.6 cm³/mol. The van der Waals surface area contributed by atoms with Gasteiger partial charge in [0, 0.05) is 23.2 Å². The van der Waals surface area contributed by atoms with Gasteiger partial charge >= 0.3 is 0 Å². The van der Waals surface area contributed by atoms with Crippen LogP contribution >= 0.6 is 15.9 Å². The Morgan fingerprint density at radius 3 is 2.85 bits per heavy atom. The maximum atomic E-state index is 8.64. The Morgan fingerprint density at radius 1 is 1.46 bits per heavy atom. The van der Waals surface area contributed by atoms with Gasteiger partial charge in [-0.1, -0.05) is 15.9 Å². The summed E-state index contributed by atoms with van der Waals surface area (Å²) in [5, 5.41) is 11.7. The summed E-state index contributed by atoms with van der Waals surface area (Å²) in [5.41, 5.74) is 7.60. The lowest BCUT2D eigenvalue weighted by molar-refractivity contribution is 0.311. The van der Waals surface area contributed by atoms with Crippen molar-refractivity contribution in [2.45, 2.75) is 6.54 Å². The van der Waals surface area contributed by atoms with E-state index in [0.29, 0.717) is 13.1 Å². The lowest BCUT2D eigenvalue weighted by Gasteiger charge is -2.09. The summed E-state index contributed by atoms with van der Waals surface area (Å²) in [6, 6.07) is 5.86. The van der Waals surface area contributed by atoms with Crippen LogP contribution in [0.1, 0.15) is 5.56 Å². The van der Waals surface area contributed by atoms with E-state index in [1.807, 2.05) is 18.2 Å². The van der Waals surface area contributed by atoms with Crippen molar-refractivity contribution in [3.63, 3.8) is 0 Å². The van der Waals surface area contributed by atoms with E-state index in [9.17, 15) is 0 Å². The fourth-order valence-corrected chi connectivity index (χ4v) is 1.50. The highest BCUT2D eigenvalue weighted by atomic mass is 79.9. The molecule has 4 heteroatoms. The first-order valence-electron chi connectivity index (χ1n) is 4.11. The van der Waals surface area contributed by atoms with Crippen LogP contribution in [0.25, 0.3) is 0 Å². The largest absolute Gasteiger partial charge is 0.395 e. The van der Waals surface area contributed by atoms with Crippen LogP contribution in [0, 0.1) is 0 Å². The first-order chi connectivity index (χ1) is 6.27. The summed E-state index contributed by atoms with van der Waals surface area (Å²) in [4.78, 5) is 0. The topological polar surface area (TPSA) is 58.3 Å². The van der Waals surface area contributed by atoms with Crippen molar-refractivity contribution in [1.82, 2.24) is 0 Å². The molecule has 3 nitrogen and oxygen atoms in total. The molecule has 0 bridgehead atoms. The van der Waals surface area contributed by atoms with Gasteiger partial charge < -0.3 is 16.2 Å². The maximum Gasteiger partial charge on any atom is 0.0604 e. The molecule has 0 aliphatic rings. The minimum Gasteiger partial charge on any atom is -0.395 e. The number of hydrogen-bond donors (Lipinski definition) is 3. The number of nitrogens with two attached hydrogens (primary N) is 1. The van der Waals surface area contributed by atoms with Crippen molar-refractivity contribution < 1.29 is 5.11 Å². The second-order valence-corrected chi connectivity index (χ2v) is 3.57. The minimum absolute atomic E-state index is 0.125. The van der Waals surface area contributed by atoms with Crippen molar-refractivity contribution in [3.8, 4) is 0 Å². The Labute approximate surface area is 86.1 Å². The van der Waals surface area contributed by atoms with Gasteiger partial charge in [0.25, 0.3) is 0 Å². The van der Waals surface area contributed by atoms with Gasteiger partial charge in [-0.05, 0) is 23.8 Å². The molecule has 1 aromatic carbocycles. The zero-order valence-corrected chi connectivity index (χ0v) is 8.84. The molecule has 0 atom stereocenters. The smallest absolute Gasteiger partial charge is 0.0604 e. The molecule has 4 N–H and O–H groups in total. The summed E-state index contributed by atoms with van der Waals surface area (Å²) in [7, 11) is 0. The molecule has 0 unspecified atom stereocenters. The van der Waals surface area contributed by atoms with E-state index < -0.39 is 0 Å². The summed E-state index contributed by atoms with van der Waals surface area (Å²) in [5.74, 6) is 0. The summed E-state index contributed by atoms with van der Waals surface area (Å²) >= 11 is 3.37. The fourth-order valence-electron chi connectivity index (χ4n) is 1.09. The molecule has 0 radical (unpaired) electrons. The molecular weight excluding hydrogens is 232 g/mol. The zero-order chi connectivity index (χ0) is 9.68. The van der Waals surface area contributed by atoms with Gasteiger partial charge in [-0.3, -0.25) is 0 Å². The monoisotopic (exact) mass is 244 g/mol. The molecule has 0 spiro atoms. The Balaban J connectivity index is 2.79. The summed E-state index contributed by atoms with van der Waals surface area (Å²) in [6.07, 6.45) is 0. The first kappa shape index (κ1) is 10.5. The van der Waals surface area contributed by atoms with Crippen LogP contribution in [-0.4, -0.2) is 18.3 Å². The van der Waals surface area contributed by atoms with Crippen molar-refractivity contribution >= 4 is 21.6 Å². The molecule has 0 aliphatic heterocycles. The van der Waals surface area contributed by atoms with E-state index in [-0.39, 0.29) is 6.61 Å². The normalized spacial score (nSPS) is 10.1.